The number of anilines is 2. The summed E-state index contributed by atoms with van der Waals surface area (Å²) in [5.74, 6) is -0.136. The lowest BCUT2D eigenvalue weighted by Crippen LogP contribution is -2.15. The molecule has 0 unspecified atom stereocenters. The normalized spacial score (nSPS) is 10.5. The van der Waals surface area contributed by atoms with Crippen molar-refractivity contribution < 1.29 is 19.0 Å². The second-order valence-electron chi connectivity index (χ2n) is 6.41. The number of ether oxygens (including phenoxy) is 3. The number of esters is 1. The third kappa shape index (κ3) is 3.91. The Morgan fingerprint density at radius 2 is 1.69 bits per heavy atom. The highest BCUT2D eigenvalue weighted by Crippen LogP contribution is 2.42. The standard InChI is InChI=1S/C21H22N4O4/c1-11-5-7-13(8-6-11)16-12(2)9-14(27-3)17(18(16)28-4)20(26)29-15-10-24-21(23)25-19(15)22/h5-10H,1-4H3,(H4,22,23,24,25). The minimum absolute atomic E-state index is 0.00855. The second-order valence-corrected chi connectivity index (χ2v) is 6.41. The van der Waals surface area contributed by atoms with Crippen LogP contribution in [-0.4, -0.2) is 30.2 Å². The van der Waals surface area contributed by atoms with Gasteiger partial charge in [0.15, 0.2) is 11.6 Å². The van der Waals surface area contributed by atoms with Gasteiger partial charge < -0.3 is 25.7 Å². The van der Waals surface area contributed by atoms with E-state index >= 15 is 0 Å². The first-order valence-corrected chi connectivity index (χ1v) is 8.78. The average molecular weight is 394 g/mol. The predicted molar refractivity (Wildman–Crippen MR) is 110 cm³/mol. The van der Waals surface area contributed by atoms with Crippen molar-refractivity contribution in [2.45, 2.75) is 13.8 Å². The molecule has 2 aromatic carbocycles. The van der Waals surface area contributed by atoms with Gasteiger partial charge in [-0.05, 0) is 31.0 Å². The minimum Gasteiger partial charge on any atom is -0.496 e. The van der Waals surface area contributed by atoms with Gasteiger partial charge in [-0.2, -0.15) is 4.98 Å². The monoisotopic (exact) mass is 394 g/mol. The number of hydrogen-bond donors (Lipinski definition) is 2. The van der Waals surface area contributed by atoms with Crippen molar-refractivity contribution in [3.05, 3.63) is 53.2 Å². The molecule has 8 nitrogen and oxygen atoms in total. The van der Waals surface area contributed by atoms with Gasteiger partial charge in [0.2, 0.25) is 5.95 Å². The summed E-state index contributed by atoms with van der Waals surface area (Å²) in [4.78, 5) is 20.6. The molecule has 0 aliphatic rings. The van der Waals surface area contributed by atoms with E-state index in [0.29, 0.717) is 11.5 Å². The van der Waals surface area contributed by atoms with E-state index in [2.05, 4.69) is 9.97 Å². The highest BCUT2D eigenvalue weighted by Gasteiger charge is 2.27. The van der Waals surface area contributed by atoms with E-state index < -0.39 is 5.97 Å². The zero-order valence-electron chi connectivity index (χ0n) is 16.6. The van der Waals surface area contributed by atoms with E-state index in [1.807, 2.05) is 38.1 Å². The molecule has 150 valence electrons. The number of aryl methyl sites for hydroxylation is 2. The Morgan fingerprint density at radius 3 is 2.28 bits per heavy atom. The number of hydrogen-bond acceptors (Lipinski definition) is 8. The second kappa shape index (κ2) is 8.05. The van der Waals surface area contributed by atoms with Crippen LogP contribution in [0.25, 0.3) is 11.1 Å². The van der Waals surface area contributed by atoms with Gasteiger partial charge >= 0.3 is 5.97 Å². The van der Waals surface area contributed by atoms with Crippen molar-refractivity contribution in [1.82, 2.24) is 9.97 Å². The molecule has 3 rings (SSSR count). The van der Waals surface area contributed by atoms with Gasteiger partial charge in [-0.3, -0.25) is 0 Å². The highest BCUT2D eigenvalue weighted by molar-refractivity contribution is 6.00. The van der Waals surface area contributed by atoms with Crippen LogP contribution in [0, 0.1) is 13.8 Å². The quantitative estimate of drug-likeness (QED) is 0.633. The van der Waals surface area contributed by atoms with Crippen molar-refractivity contribution in [2.75, 3.05) is 25.7 Å². The molecule has 0 radical (unpaired) electrons. The number of nitrogens with two attached hydrogens (primary N) is 2. The van der Waals surface area contributed by atoms with Crippen LogP contribution in [0.2, 0.25) is 0 Å². The minimum atomic E-state index is -0.716. The van der Waals surface area contributed by atoms with Crippen molar-refractivity contribution in [1.29, 1.82) is 0 Å². The zero-order chi connectivity index (χ0) is 21.1. The molecule has 0 saturated heterocycles. The Labute approximate surface area is 168 Å². The van der Waals surface area contributed by atoms with E-state index in [9.17, 15) is 4.79 Å². The molecule has 3 aromatic rings. The Kier molecular flexibility index (Phi) is 5.54. The van der Waals surface area contributed by atoms with Crippen molar-refractivity contribution in [2.24, 2.45) is 0 Å². The summed E-state index contributed by atoms with van der Waals surface area (Å²) >= 11 is 0. The van der Waals surface area contributed by atoms with Gasteiger partial charge in [0, 0.05) is 5.56 Å². The topological polar surface area (TPSA) is 123 Å². The van der Waals surface area contributed by atoms with Crippen LogP contribution >= 0.6 is 0 Å². The molecule has 0 atom stereocenters. The summed E-state index contributed by atoms with van der Waals surface area (Å²) in [6.07, 6.45) is 1.24. The first-order valence-electron chi connectivity index (χ1n) is 8.78. The Hall–Kier alpha value is -3.81. The fourth-order valence-electron chi connectivity index (χ4n) is 3.02. The maximum atomic E-state index is 13.0. The smallest absolute Gasteiger partial charge is 0.351 e. The van der Waals surface area contributed by atoms with E-state index in [-0.39, 0.29) is 23.1 Å². The van der Waals surface area contributed by atoms with E-state index in [0.717, 1.165) is 22.3 Å². The van der Waals surface area contributed by atoms with Crippen molar-refractivity contribution in [3.8, 4) is 28.4 Å². The SMILES string of the molecule is COc1cc(C)c(-c2ccc(C)cc2)c(OC)c1C(=O)Oc1cnc(N)nc1N. The molecular weight excluding hydrogens is 372 g/mol. The number of aromatic nitrogens is 2. The molecule has 1 heterocycles. The van der Waals surface area contributed by atoms with Crippen LogP contribution < -0.4 is 25.7 Å². The Morgan fingerprint density at radius 1 is 1.00 bits per heavy atom. The first kappa shape index (κ1) is 19.9. The third-order valence-electron chi connectivity index (χ3n) is 4.42. The third-order valence-corrected chi connectivity index (χ3v) is 4.42. The summed E-state index contributed by atoms with van der Waals surface area (Å²) in [6.45, 7) is 3.92. The van der Waals surface area contributed by atoms with Crippen LogP contribution in [0.4, 0.5) is 11.8 Å². The van der Waals surface area contributed by atoms with E-state index in [1.165, 1.54) is 20.4 Å². The number of methoxy groups -OCH3 is 2. The van der Waals surface area contributed by atoms with Gasteiger partial charge in [-0.15, -0.1) is 0 Å². The molecule has 29 heavy (non-hydrogen) atoms. The summed E-state index contributed by atoms with van der Waals surface area (Å²) in [6, 6.07) is 9.67. The maximum Gasteiger partial charge on any atom is 0.351 e. The van der Waals surface area contributed by atoms with Gasteiger partial charge in [-0.1, -0.05) is 29.8 Å². The molecule has 0 aliphatic heterocycles. The first-order chi connectivity index (χ1) is 13.8. The molecule has 0 fully saturated rings. The Balaban J connectivity index is 2.14. The lowest BCUT2D eigenvalue weighted by molar-refractivity contribution is 0.0727. The lowest BCUT2D eigenvalue weighted by Gasteiger charge is -2.19. The molecule has 4 N–H and O–H groups in total. The summed E-state index contributed by atoms with van der Waals surface area (Å²) in [5, 5.41) is 0. The molecule has 0 aliphatic carbocycles. The van der Waals surface area contributed by atoms with E-state index in [4.69, 9.17) is 25.7 Å². The van der Waals surface area contributed by atoms with Crippen LogP contribution in [0.5, 0.6) is 17.2 Å². The van der Waals surface area contributed by atoms with Crippen LogP contribution in [0.1, 0.15) is 21.5 Å². The van der Waals surface area contributed by atoms with E-state index in [1.54, 1.807) is 6.07 Å². The predicted octanol–water partition coefficient (Wildman–Crippen LogP) is 3.16. The van der Waals surface area contributed by atoms with Crippen LogP contribution in [0.3, 0.4) is 0 Å². The van der Waals surface area contributed by atoms with Crippen LogP contribution in [-0.2, 0) is 0 Å². The summed E-state index contributed by atoms with van der Waals surface area (Å²) < 4.78 is 16.5. The molecule has 0 saturated carbocycles. The molecule has 8 heteroatoms. The molecule has 0 bridgehead atoms. The fourth-order valence-corrected chi connectivity index (χ4v) is 3.02. The van der Waals surface area contributed by atoms with Gasteiger partial charge in [0.25, 0.3) is 0 Å². The summed E-state index contributed by atoms with van der Waals surface area (Å²) in [5.41, 5.74) is 15.1. The van der Waals surface area contributed by atoms with Crippen molar-refractivity contribution in [3.63, 3.8) is 0 Å². The summed E-state index contributed by atoms with van der Waals surface area (Å²) in [7, 11) is 2.96. The van der Waals surface area contributed by atoms with Crippen molar-refractivity contribution >= 4 is 17.7 Å². The lowest BCUT2D eigenvalue weighted by atomic mass is 9.95. The largest absolute Gasteiger partial charge is 0.496 e. The molecular formula is C21H22N4O4. The zero-order valence-corrected chi connectivity index (χ0v) is 16.6. The number of nitrogens with zero attached hydrogens (tertiary/aromatic N) is 2. The number of carbonyl (C=O) groups is 1. The molecule has 0 amide bonds. The fraction of sp³-hybridized carbons (Fsp3) is 0.190. The number of benzene rings is 2. The van der Waals surface area contributed by atoms with Crippen LogP contribution in [0.15, 0.2) is 36.5 Å². The van der Waals surface area contributed by atoms with Gasteiger partial charge in [-0.25, -0.2) is 9.78 Å². The highest BCUT2D eigenvalue weighted by atomic mass is 16.5. The number of rotatable bonds is 5. The number of carbonyl (C=O) groups excluding carboxylic acids is 1. The van der Waals surface area contributed by atoms with Gasteiger partial charge in [0.05, 0.1) is 20.4 Å². The number of nitrogen functional groups attached to an aromatic ring is 2. The van der Waals surface area contributed by atoms with Gasteiger partial charge in [0.1, 0.15) is 17.1 Å². The maximum absolute atomic E-state index is 13.0. The molecule has 1 aromatic heterocycles. The Bertz CT molecular complexity index is 1070. The molecule has 0 spiro atoms. The average Bonchev–Trinajstić information content (AvgIpc) is 2.69.